The molecule has 1 saturated heterocycles. The number of hydrogen-bond acceptors (Lipinski definition) is 7. The van der Waals surface area contributed by atoms with Gasteiger partial charge in [0.2, 0.25) is 5.88 Å². The average Bonchev–Trinajstić information content (AvgIpc) is 3.25. The molecule has 0 bridgehead atoms. The molecular weight excluding hydrogens is 426 g/mol. The van der Waals surface area contributed by atoms with Gasteiger partial charge in [0.1, 0.15) is 11.3 Å². The predicted molar refractivity (Wildman–Crippen MR) is 120 cm³/mol. The van der Waals surface area contributed by atoms with Crippen molar-refractivity contribution in [3.63, 3.8) is 0 Å². The summed E-state index contributed by atoms with van der Waals surface area (Å²) in [5, 5.41) is 22.9. The van der Waals surface area contributed by atoms with Gasteiger partial charge in [-0.15, -0.1) is 0 Å². The molecule has 9 heteroatoms. The third kappa shape index (κ3) is 4.10. The standard InChI is InChI=1S/C23H13N5O3S/c24-12-14-1-5-16(6-2-14)28(17-7-3-15(13-25)4-8-17)20-10-9-18(31-20)11-19-21(29)26-23(32)27-22(19)30/h1-11H,(H2,26,27,29,30,32). The van der Waals surface area contributed by atoms with Gasteiger partial charge >= 0.3 is 0 Å². The van der Waals surface area contributed by atoms with Crippen LogP contribution in [0.2, 0.25) is 0 Å². The lowest BCUT2D eigenvalue weighted by molar-refractivity contribution is -0.123. The van der Waals surface area contributed by atoms with Crippen molar-refractivity contribution in [2.75, 3.05) is 4.90 Å². The molecule has 1 aromatic heterocycles. The lowest BCUT2D eigenvalue weighted by Crippen LogP contribution is -2.51. The summed E-state index contributed by atoms with van der Waals surface area (Å²) >= 11 is 4.80. The van der Waals surface area contributed by atoms with E-state index in [0.717, 1.165) is 0 Å². The van der Waals surface area contributed by atoms with Gasteiger partial charge in [-0.05, 0) is 72.9 Å². The van der Waals surface area contributed by atoms with Crippen LogP contribution in [0.25, 0.3) is 6.08 Å². The van der Waals surface area contributed by atoms with Crippen LogP contribution in [-0.2, 0) is 9.59 Å². The van der Waals surface area contributed by atoms with Crippen LogP contribution in [0.1, 0.15) is 16.9 Å². The number of furan rings is 1. The highest BCUT2D eigenvalue weighted by Crippen LogP contribution is 2.36. The van der Waals surface area contributed by atoms with Gasteiger partial charge in [0, 0.05) is 17.4 Å². The van der Waals surface area contributed by atoms with Crippen molar-refractivity contribution >= 4 is 52.5 Å². The Balaban J connectivity index is 1.74. The van der Waals surface area contributed by atoms with Crippen LogP contribution in [-0.4, -0.2) is 16.9 Å². The number of nitriles is 2. The minimum atomic E-state index is -0.618. The largest absolute Gasteiger partial charge is 0.440 e. The van der Waals surface area contributed by atoms with E-state index in [1.54, 1.807) is 65.6 Å². The van der Waals surface area contributed by atoms with Crippen molar-refractivity contribution in [3.05, 3.63) is 83.1 Å². The first kappa shape index (κ1) is 20.5. The Morgan fingerprint density at radius 2 is 1.31 bits per heavy atom. The third-order valence-corrected chi connectivity index (χ3v) is 4.78. The van der Waals surface area contributed by atoms with Crippen molar-refractivity contribution in [1.29, 1.82) is 10.5 Å². The number of nitrogens with one attached hydrogen (secondary N) is 2. The maximum Gasteiger partial charge on any atom is 0.263 e. The molecule has 1 aliphatic rings. The molecule has 2 N–H and O–H groups in total. The topological polar surface area (TPSA) is 122 Å². The summed E-state index contributed by atoms with van der Waals surface area (Å²) in [7, 11) is 0. The molecular formula is C23H13N5O3S. The summed E-state index contributed by atoms with van der Waals surface area (Å²) in [6.45, 7) is 0. The number of amides is 2. The second kappa shape index (κ2) is 8.56. The van der Waals surface area contributed by atoms with Gasteiger partial charge in [-0.3, -0.25) is 25.1 Å². The van der Waals surface area contributed by atoms with Crippen LogP contribution in [0.4, 0.5) is 17.3 Å². The molecule has 0 unspecified atom stereocenters. The van der Waals surface area contributed by atoms with Gasteiger partial charge < -0.3 is 4.42 Å². The minimum Gasteiger partial charge on any atom is -0.440 e. The van der Waals surface area contributed by atoms with Crippen LogP contribution in [0.3, 0.4) is 0 Å². The zero-order valence-electron chi connectivity index (χ0n) is 16.3. The van der Waals surface area contributed by atoms with Crippen molar-refractivity contribution < 1.29 is 14.0 Å². The smallest absolute Gasteiger partial charge is 0.263 e. The molecule has 2 amide bonds. The van der Waals surface area contributed by atoms with Crippen molar-refractivity contribution in [2.45, 2.75) is 0 Å². The Morgan fingerprint density at radius 1 is 0.812 bits per heavy atom. The minimum absolute atomic E-state index is 0.0508. The van der Waals surface area contributed by atoms with Crippen molar-refractivity contribution in [2.24, 2.45) is 0 Å². The number of rotatable bonds is 4. The lowest BCUT2D eigenvalue weighted by Gasteiger charge is -2.22. The van der Waals surface area contributed by atoms with Crippen LogP contribution >= 0.6 is 12.2 Å². The second-order valence-corrected chi connectivity index (χ2v) is 7.03. The van der Waals surface area contributed by atoms with Crippen LogP contribution in [0, 0.1) is 22.7 Å². The van der Waals surface area contributed by atoms with E-state index in [-0.39, 0.29) is 16.4 Å². The first-order valence-corrected chi connectivity index (χ1v) is 9.68. The number of thiocarbonyl (C=S) groups is 1. The molecule has 2 aromatic carbocycles. The molecule has 4 rings (SSSR count). The van der Waals surface area contributed by atoms with Gasteiger partial charge in [0.25, 0.3) is 11.8 Å². The van der Waals surface area contributed by atoms with Crippen molar-refractivity contribution in [1.82, 2.24) is 10.6 Å². The SMILES string of the molecule is N#Cc1ccc(N(c2ccc(C#N)cc2)c2ccc(C=C3C(=O)NC(=S)NC3=O)o2)cc1. The zero-order chi connectivity index (χ0) is 22.7. The Morgan fingerprint density at radius 3 is 1.78 bits per heavy atom. The molecule has 154 valence electrons. The summed E-state index contributed by atoms with van der Waals surface area (Å²) in [6, 6.07) is 21.2. The maximum absolute atomic E-state index is 12.1. The molecule has 0 aliphatic carbocycles. The van der Waals surface area contributed by atoms with Gasteiger partial charge in [-0.1, -0.05) is 0 Å². The van der Waals surface area contributed by atoms with E-state index in [9.17, 15) is 9.59 Å². The van der Waals surface area contributed by atoms with E-state index in [2.05, 4.69) is 22.8 Å². The van der Waals surface area contributed by atoms with Crippen LogP contribution in [0.5, 0.6) is 0 Å². The van der Waals surface area contributed by atoms with E-state index in [4.69, 9.17) is 27.2 Å². The molecule has 0 radical (unpaired) electrons. The molecule has 0 saturated carbocycles. The quantitative estimate of drug-likeness (QED) is 0.363. The Hall–Kier alpha value is -4.73. The fraction of sp³-hybridized carbons (Fsp3) is 0. The summed E-state index contributed by atoms with van der Waals surface area (Å²) < 4.78 is 5.92. The lowest BCUT2D eigenvalue weighted by atomic mass is 10.1. The normalized spacial score (nSPS) is 12.9. The highest BCUT2D eigenvalue weighted by Gasteiger charge is 2.26. The second-order valence-electron chi connectivity index (χ2n) is 6.62. The average molecular weight is 439 g/mol. The maximum atomic E-state index is 12.1. The van der Waals surface area contributed by atoms with Crippen LogP contribution in [0.15, 0.2) is 70.7 Å². The molecule has 8 nitrogen and oxygen atoms in total. The molecule has 3 aromatic rings. The van der Waals surface area contributed by atoms with Gasteiger partial charge in [-0.25, -0.2) is 0 Å². The number of benzene rings is 2. The summed E-state index contributed by atoms with van der Waals surface area (Å²) in [6.07, 6.45) is 1.33. The van der Waals surface area contributed by atoms with E-state index in [1.807, 2.05) is 0 Å². The fourth-order valence-corrected chi connectivity index (χ4v) is 3.25. The molecule has 0 atom stereocenters. The number of hydrogen-bond donors (Lipinski definition) is 2. The fourth-order valence-electron chi connectivity index (χ4n) is 3.06. The molecule has 1 fully saturated rings. The van der Waals surface area contributed by atoms with Gasteiger partial charge in [-0.2, -0.15) is 10.5 Å². The summed E-state index contributed by atoms with van der Waals surface area (Å²) in [5.74, 6) is -0.556. The Labute approximate surface area is 188 Å². The van der Waals surface area contributed by atoms with Gasteiger partial charge in [0.15, 0.2) is 5.11 Å². The summed E-state index contributed by atoms with van der Waals surface area (Å²) in [5.41, 5.74) is 2.29. The molecule has 2 heterocycles. The Bertz CT molecular complexity index is 1260. The first-order chi connectivity index (χ1) is 15.5. The summed E-state index contributed by atoms with van der Waals surface area (Å²) in [4.78, 5) is 26.0. The predicted octanol–water partition coefficient (Wildman–Crippen LogP) is 3.41. The molecule has 32 heavy (non-hydrogen) atoms. The number of carbonyl (C=O) groups excluding carboxylic acids is 2. The van der Waals surface area contributed by atoms with Crippen LogP contribution < -0.4 is 15.5 Å². The number of carbonyl (C=O) groups is 2. The van der Waals surface area contributed by atoms with E-state index < -0.39 is 11.8 Å². The first-order valence-electron chi connectivity index (χ1n) is 9.27. The van der Waals surface area contributed by atoms with E-state index in [1.165, 1.54) is 6.08 Å². The monoisotopic (exact) mass is 439 g/mol. The Kier molecular flexibility index (Phi) is 5.49. The van der Waals surface area contributed by atoms with E-state index >= 15 is 0 Å². The van der Waals surface area contributed by atoms with Crippen molar-refractivity contribution in [3.8, 4) is 12.1 Å². The molecule has 1 aliphatic heterocycles. The third-order valence-electron chi connectivity index (χ3n) is 4.57. The highest BCUT2D eigenvalue weighted by molar-refractivity contribution is 7.80. The number of nitrogens with zero attached hydrogens (tertiary/aromatic N) is 3. The highest BCUT2D eigenvalue weighted by atomic mass is 32.1. The molecule has 0 spiro atoms. The zero-order valence-corrected chi connectivity index (χ0v) is 17.1. The van der Waals surface area contributed by atoms with Gasteiger partial charge in [0.05, 0.1) is 23.3 Å². The van der Waals surface area contributed by atoms with E-state index in [0.29, 0.717) is 28.4 Å². The number of anilines is 3.